The first-order chi connectivity index (χ1) is 16.6. The van der Waals surface area contributed by atoms with Crippen molar-refractivity contribution < 1.29 is 23.8 Å². The van der Waals surface area contributed by atoms with Crippen molar-refractivity contribution in [2.45, 2.75) is 31.9 Å². The van der Waals surface area contributed by atoms with Crippen LogP contribution >= 0.6 is 0 Å². The molecule has 0 saturated carbocycles. The average Bonchev–Trinajstić information content (AvgIpc) is 3.25. The zero-order valence-electron chi connectivity index (χ0n) is 19.4. The van der Waals surface area contributed by atoms with Crippen LogP contribution in [0.1, 0.15) is 41.4 Å². The number of hydrogen-bond donors (Lipinski definition) is 3. The summed E-state index contributed by atoms with van der Waals surface area (Å²) < 4.78 is 19.7. The highest BCUT2D eigenvalue weighted by molar-refractivity contribution is 6.02. The first kappa shape index (κ1) is 23.9. The predicted octanol–water partition coefficient (Wildman–Crippen LogP) is 1.81. The Balaban J connectivity index is 1.46. The number of halogens is 1. The Morgan fingerprint density at radius 3 is 2.86 bits per heavy atom. The smallest absolute Gasteiger partial charge is 0.291 e. The minimum absolute atomic E-state index is 0.0941. The highest BCUT2D eigenvalue weighted by atomic mass is 19.1. The van der Waals surface area contributed by atoms with E-state index in [2.05, 4.69) is 32.3 Å². The van der Waals surface area contributed by atoms with Gasteiger partial charge in [0, 0.05) is 19.0 Å². The standard InChI is InChI=1S/C25H24FN5O4/c1-25(2,34)11-10-15-8-9-20-19(12-15)31(3)24(33)18(14-35-20)27-23(32)22-28-21(29-30-22)13-16-6-4-5-7-17(16)26/h4-9,12,18,34H,13-14H2,1-3H3,(H,27,32)(H,28,29,30)/t18-/m0/s1. The number of hydrogen-bond acceptors (Lipinski definition) is 6. The van der Waals surface area contributed by atoms with Gasteiger partial charge in [0.25, 0.3) is 11.8 Å². The number of ether oxygens (including phenoxy) is 1. The fourth-order valence-electron chi connectivity index (χ4n) is 3.43. The lowest BCUT2D eigenvalue weighted by molar-refractivity contribution is -0.120. The molecular formula is C25H24FN5O4. The van der Waals surface area contributed by atoms with Crippen LogP contribution in [-0.4, -0.2) is 57.4 Å². The first-order valence-electron chi connectivity index (χ1n) is 10.9. The molecule has 0 bridgehead atoms. The molecule has 1 aromatic heterocycles. The Hall–Kier alpha value is -4.23. The summed E-state index contributed by atoms with van der Waals surface area (Å²) >= 11 is 0. The zero-order valence-corrected chi connectivity index (χ0v) is 19.4. The quantitative estimate of drug-likeness (QED) is 0.493. The second-order valence-corrected chi connectivity index (χ2v) is 8.60. The number of nitrogens with zero attached hydrogens (tertiary/aromatic N) is 3. The zero-order chi connectivity index (χ0) is 25.2. The molecule has 4 rings (SSSR count). The number of aromatic amines is 1. The van der Waals surface area contributed by atoms with Gasteiger partial charge < -0.3 is 20.1 Å². The molecule has 9 nitrogen and oxygen atoms in total. The van der Waals surface area contributed by atoms with Crippen LogP contribution in [0.3, 0.4) is 0 Å². The van der Waals surface area contributed by atoms with E-state index in [4.69, 9.17) is 4.74 Å². The number of anilines is 1. The van der Waals surface area contributed by atoms with Crippen molar-refractivity contribution in [1.29, 1.82) is 0 Å². The predicted molar refractivity (Wildman–Crippen MR) is 125 cm³/mol. The van der Waals surface area contributed by atoms with Gasteiger partial charge in [-0.3, -0.25) is 14.7 Å². The number of aliphatic hydroxyl groups is 1. The number of amides is 2. The van der Waals surface area contributed by atoms with E-state index in [9.17, 15) is 19.1 Å². The molecule has 2 amide bonds. The van der Waals surface area contributed by atoms with E-state index in [1.54, 1.807) is 57.3 Å². The van der Waals surface area contributed by atoms with Gasteiger partial charge in [0.05, 0.1) is 5.69 Å². The van der Waals surface area contributed by atoms with Gasteiger partial charge in [0.15, 0.2) is 0 Å². The maximum Gasteiger partial charge on any atom is 0.291 e. The normalized spacial score (nSPS) is 15.4. The lowest BCUT2D eigenvalue weighted by Gasteiger charge is -2.20. The second-order valence-electron chi connectivity index (χ2n) is 8.60. The van der Waals surface area contributed by atoms with Crippen molar-refractivity contribution in [2.24, 2.45) is 0 Å². The van der Waals surface area contributed by atoms with Crippen molar-refractivity contribution >= 4 is 17.5 Å². The molecule has 2 heterocycles. The van der Waals surface area contributed by atoms with Crippen LogP contribution in [0.25, 0.3) is 0 Å². The summed E-state index contributed by atoms with van der Waals surface area (Å²) in [5.74, 6) is 4.75. The number of rotatable bonds is 4. The summed E-state index contributed by atoms with van der Waals surface area (Å²) in [7, 11) is 1.57. The Bertz CT molecular complexity index is 1340. The van der Waals surface area contributed by atoms with Crippen LogP contribution in [0.2, 0.25) is 0 Å². The number of H-pyrrole nitrogens is 1. The molecular weight excluding hydrogens is 453 g/mol. The average molecular weight is 477 g/mol. The number of nitrogens with one attached hydrogen (secondary N) is 2. The van der Waals surface area contributed by atoms with Crippen molar-refractivity contribution in [3.05, 3.63) is 71.1 Å². The van der Waals surface area contributed by atoms with Crippen LogP contribution in [0.5, 0.6) is 5.75 Å². The summed E-state index contributed by atoms with van der Waals surface area (Å²) in [5.41, 5.74) is 0.337. The van der Waals surface area contributed by atoms with Gasteiger partial charge in [-0.15, -0.1) is 5.10 Å². The minimum Gasteiger partial charge on any atom is -0.489 e. The molecule has 1 aliphatic rings. The molecule has 0 aliphatic carbocycles. The van der Waals surface area contributed by atoms with E-state index < -0.39 is 23.5 Å². The molecule has 0 fully saturated rings. The van der Waals surface area contributed by atoms with Gasteiger partial charge >= 0.3 is 0 Å². The largest absolute Gasteiger partial charge is 0.489 e. The highest BCUT2D eigenvalue weighted by Gasteiger charge is 2.31. The van der Waals surface area contributed by atoms with Crippen LogP contribution in [0, 0.1) is 17.7 Å². The Morgan fingerprint density at radius 2 is 2.11 bits per heavy atom. The molecule has 0 radical (unpaired) electrons. The third kappa shape index (κ3) is 5.65. The van der Waals surface area contributed by atoms with E-state index >= 15 is 0 Å². The maximum absolute atomic E-state index is 13.9. The molecule has 1 aliphatic heterocycles. The lowest BCUT2D eigenvalue weighted by atomic mass is 10.1. The number of likely N-dealkylation sites (N-methyl/N-ethyl adjacent to an activating group) is 1. The molecule has 3 N–H and O–H groups in total. The van der Waals surface area contributed by atoms with E-state index in [0.717, 1.165) is 0 Å². The molecule has 35 heavy (non-hydrogen) atoms. The second kappa shape index (κ2) is 9.56. The topological polar surface area (TPSA) is 120 Å². The molecule has 0 saturated heterocycles. The molecule has 0 spiro atoms. The van der Waals surface area contributed by atoms with Gasteiger partial charge in [-0.2, -0.15) is 0 Å². The molecule has 3 aromatic rings. The molecule has 1 atom stereocenters. The number of carbonyl (C=O) groups is 2. The molecule has 180 valence electrons. The monoisotopic (exact) mass is 477 g/mol. The van der Waals surface area contributed by atoms with Crippen molar-refractivity contribution in [3.63, 3.8) is 0 Å². The molecule has 0 unspecified atom stereocenters. The Kier molecular flexibility index (Phi) is 6.53. The highest BCUT2D eigenvalue weighted by Crippen LogP contribution is 2.31. The van der Waals surface area contributed by atoms with E-state index in [-0.39, 0.29) is 24.7 Å². The van der Waals surface area contributed by atoms with Crippen molar-refractivity contribution in [1.82, 2.24) is 20.5 Å². The third-order valence-electron chi connectivity index (χ3n) is 5.22. The lowest BCUT2D eigenvalue weighted by Crippen LogP contribution is -2.49. The van der Waals surface area contributed by atoms with Gasteiger partial charge in [-0.25, -0.2) is 9.37 Å². The van der Waals surface area contributed by atoms with Crippen LogP contribution in [-0.2, 0) is 11.2 Å². The number of fused-ring (bicyclic) bond motifs is 1. The van der Waals surface area contributed by atoms with Crippen LogP contribution in [0.15, 0.2) is 42.5 Å². The fourth-order valence-corrected chi connectivity index (χ4v) is 3.43. The van der Waals surface area contributed by atoms with Crippen molar-refractivity contribution in [2.75, 3.05) is 18.6 Å². The van der Waals surface area contributed by atoms with Gasteiger partial charge in [-0.05, 0) is 43.7 Å². The number of aromatic nitrogens is 3. The summed E-state index contributed by atoms with van der Waals surface area (Å²) in [6.07, 6.45) is 0.134. The van der Waals surface area contributed by atoms with Gasteiger partial charge in [0.1, 0.15) is 35.6 Å². The minimum atomic E-state index is -1.16. The fraction of sp³-hybridized carbons (Fsp3) is 0.280. The van der Waals surface area contributed by atoms with E-state index in [0.29, 0.717) is 28.4 Å². The van der Waals surface area contributed by atoms with Crippen LogP contribution < -0.4 is 15.0 Å². The Morgan fingerprint density at radius 1 is 1.34 bits per heavy atom. The maximum atomic E-state index is 13.9. The van der Waals surface area contributed by atoms with Crippen molar-refractivity contribution in [3.8, 4) is 17.6 Å². The Labute approximate surface area is 201 Å². The summed E-state index contributed by atoms with van der Waals surface area (Å²) in [4.78, 5) is 31.3. The summed E-state index contributed by atoms with van der Waals surface area (Å²) in [6, 6.07) is 10.4. The third-order valence-corrected chi connectivity index (χ3v) is 5.22. The number of benzene rings is 2. The van der Waals surface area contributed by atoms with E-state index in [1.165, 1.54) is 11.0 Å². The van der Waals surface area contributed by atoms with E-state index in [1.807, 2.05) is 0 Å². The van der Waals surface area contributed by atoms with Gasteiger partial charge in [0.2, 0.25) is 5.82 Å². The molecule has 10 heteroatoms. The van der Waals surface area contributed by atoms with Crippen LogP contribution in [0.4, 0.5) is 10.1 Å². The molecule has 2 aromatic carbocycles. The summed E-state index contributed by atoms with van der Waals surface area (Å²) in [6.45, 7) is 3.06. The SMILES string of the molecule is CN1C(=O)[C@@H](NC(=O)c2n[nH]c(Cc3ccccc3F)n2)COc2ccc(C#CC(C)(C)O)cc21. The van der Waals surface area contributed by atoms with Gasteiger partial charge in [-0.1, -0.05) is 30.0 Å². The number of carbonyl (C=O) groups excluding carboxylic acids is 2. The summed E-state index contributed by atoms with van der Waals surface area (Å²) in [5, 5.41) is 19.0. The first-order valence-corrected chi connectivity index (χ1v) is 10.9.